The SMILES string of the molecule is Cc1cc(F)ccc1C(NN)C1CN(C(C)C)CCO1. The van der Waals surface area contributed by atoms with Gasteiger partial charge in [0.1, 0.15) is 5.82 Å². The zero-order chi connectivity index (χ0) is 14.7. The fourth-order valence-electron chi connectivity index (χ4n) is 2.75. The molecule has 1 fully saturated rings. The Morgan fingerprint density at radius 2 is 2.20 bits per heavy atom. The van der Waals surface area contributed by atoms with Crippen molar-refractivity contribution in [3.63, 3.8) is 0 Å². The second kappa shape index (κ2) is 6.63. The Balaban J connectivity index is 2.19. The van der Waals surface area contributed by atoms with Gasteiger partial charge >= 0.3 is 0 Å². The molecule has 0 bridgehead atoms. The Kier molecular flexibility index (Phi) is 5.10. The first kappa shape index (κ1) is 15.4. The molecule has 112 valence electrons. The molecule has 2 unspecified atom stereocenters. The van der Waals surface area contributed by atoms with Gasteiger partial charge in [-0.1, -0.05) is 6.07 Å². The fraction of sp³-hybridized carbons (Fsp3) is 0.600. The van der Waals surface area contributed by atoms with Crippen molar-refractivity contribution >= 4 is 0 Å². The predicted molar refractivity (Wildman–Crippen MR) is 77.7 cm³/mol. The third kappa shape index (κ3) is 3.35. The number of halogens is 1. The highest BCUT2D eigenvalue weighted by atomic mass is 19.1. The van der Waals surface area contributed by atoms with Crippen molar-refractivity contribution in [2.75, 3.05) is 19.7 Å². The number of rotatable bonds is 4. The monoisotopic (exact) mass is 281 g/mol. The van der Waals surface area contributed by atoms with E-state index >= 15 is 0 Å². The zero-order valence-electron chi connectivity index (χ0n) is 12.4. The maximum absolute atomic E-state index is 13.2. The molecule has 1 heterocycles. The van der Waals surface area contributed by atoms with Crippen LogP contribution in [0.4, 0.5) is 4.39 Å². The molecule has 1 aliphatic rings. The van der Waals surface area contributed by atoms with Gasteiger partial charge in [-0.15, -0.1) is 0 Å². The van der Waals surface area contributed by atoms with Crippen LogP contribution in [0.25, 0.3) is 0 Å². The van der Waals surface area contributed by atoms with Crippen molar-refractivity contribution in [2.24, 2.45) is 5.84 Å². The number of hydrazine groups is 1. The lowest BCUT2D eigenvalue weighted by Crippen LogP contribution is -2.51. The number of benzene rings is 1. The van der Waals surface area contributed by atoms with E-state index in [2.05, 4.69) is 24.2 Å². The minimum Gasteiger partial charge on any atom is -0.374 e. The van der Waals surface area contributed by atoms with E-state index in [9.17, 15) is 4.39 Å². The van der Waals surface area contributed by atoms with E-state index in [1.807, 2.05) is 6.92 Å². The van der Waals surface area contributed by atoms with Crippen molar-refractivity contribution in [3.8, 4) is 0 Å². The summed E-state index contributed by atoms with van der Waals surface area (Å²) in [5, 5.41) is 0. The summed E-state index contributed by atoms with van der Waals surface area (Å²) in [4.78, 5) is 2.37. The van der Waals surface area contributed by atoms with Crippen molar-refractivity contribution in [3.05, 3.63) is 35.1 Å². The van der Waals surface area contributed by atoms with Crippen molar-refractivity contribution in [1.82, 2.24) is 10.3 Å². The maximum Gasteiger partial charge on any atom is 0.123 e. The minimum absolute atomic E-state index is 0.0275. The summed E-state index contributed by atoms with van der Waals surface area (Å²) >= 11 is 0. The standard InChI is InChI=1S/C15H24FN3O/c1-10(2)19-6-7-20-14(9-19)15(18-17)13-5-4-12(16)8-11(13)3/h4-5,8,10,14-15,18H,6-7,9,17H2,1-3H3. The summed E-state index contributed by atoms with van der Waals surface area (Å²) in [6.45, 7) is 8.71. The first-order valence-corrected chi connectivity index (χ1v) is 7.10. The van der Waals surface area contributed by atoms with Crippen LogP contribution in [0.2, 0.25) is 0 Å². The van der Waals surface area contributed by atoms with E-state index in [1.54, 1.807) is 6.07 Å². The topological polar surface area (TPSA) is 50.5 Å². The third-order valence-corrected chi connectivity index (χ3v) is 3.97. The van der Waals surface area contributed by atoms with Crippen LogP contribution in [0.15, 0.2) is 18.2 Å². The summed E-state index contributed by atoms with van der Waals surface area (Å²) in [5.74, 6) is 5.50. The third-order valence-electron chi connectivity index (χ3n) is 3.97. The Morgan fingerprint density at radius 1 is 1.45 bits per heavy atom. The highest BCUT2D eigenvalue weighted by molar-refractivity contribution is 5.30. The number of hydrogen-bond donors (Lipinski definition) is 2. The van der Waals surface area contributed by atoms with Crippen LogP contribution < -0.4 is 11.3 Å². The van der Waals surface area contributed by atoms with Crippen LogP contribution in [0.1, 0.15) is 31.0 Å². The molecule has 1 aliphatic heterocycles. The van der Waals surface area contributed by atoms with Gasteiger partial charge in [-0.2, -0.15) is 0 Å². The number of ether oxygens (including phenoxy) is 1. The van der Waals surface area contributed by atoms with Gasteiger partial charge < -0.3 is 4.74 Å². The molecule has 1 aromatic rings. The van der Waals surface area contributed by atoms with Gasteiger partial charge in [0.05, 0.1) is 18.8 Å². The Bertz CT molecular complexity index is 453. The van der Waals surface area contributed by atoms with Crippen LogP contribution in [0.3, 0.4) is 0 Å². The van der Waals surface area contributed by atoms with Gasteiger partial charge in [0, 0.05) is 19.1 Å². The van der Waals surface area contributed by atoms with Crippen LogP contribution >= 0.6 is 0 Å². The summed E-state index contributed by atoms with van der Waals surface area (Å²) < 4.78 is 19.1. The number of aryl methyl sites for hydroxylation is 1. The molecule has 0 spiro atoms. The molecule has 20 heavy (non-hydrogen) atoms. The van der Waals surface area contributed by atoms with Gasteiger partial charge in [-0.05, 0) is 44.0 Å². The normalized spacial score (nSPS) is 22.2. The molecule has 3 N–H and O–H groups in total. The molecule has 0 aromatic heterocycles. The first-order chi connectivity index (χ1) is 9.52. The van der Waals surface area contributed by atoms with Crippen molar-refractivity contribution in [2.45, 2.75) is 39.0 Å². The van der Waals surface area contributed by atoms with Crippen LogP contribution in [-0.4, -0.2) is 36.7 Å². The molecule has 0 amide bonds. The molecule has 2 atom stereocenters. The highest BCUT2D eigenvalue weighted by Crippen LogP contribution is 2.25. The van der Waals surface area contributed by atoms with Crippen LogP contribution in [0, 0.1) is 12.7 Å². The number of nitrogens with zero attached hydrogens (tertiary/aromatic N) is 1. The Hall–Kier alpha value is -1.01. The van der Waals surface area contributed by atoms with Crippen LogP contribution in [0.5, 0.6) is 0 Å². The molecule has 0 radical (unpaired) electrons. The van der Waals surface area contributed by atoms with Gasteiger partial charge in [-0.25, -0.2) is 4.39 Å². The second-order valence-corrected chi connectivity index (χ2v) is 5.64. The average molecular weight is 281 g/mol. The first-order valence-electron chi connectivity index (χ1n) is 7.10. The molecule has 4 nitrogen and oxygen atoms in total. The summed E-state index contributed by atoms with van der Waals surface area (Å²) in [5.41, 5.74) is 4.71. The number of morpholine rings is 1. The largest absolute Gasteiger partial charge is 0.374 e. The van der Waals surface area contributed by atoms with Gasteiger partial charge in [0.2, 0.25) is 0 Å². The number of nitrogens with two attached hydrogens (primary N) is 1. The summed E-state index contributed by atoms with van der Waals surface area (Å²) in [7, 11) is 0. The molecular weight excluding hydrogens is 257 g/mol. The van der Waals surface area contributed by atoms with E-state index in [0.29, 0.717) is 12.6 Å². The van der Waals surface area contributed by atoms with E-state index in [-0.39, 0.29) is 18.0 Å². The fourth-order valence-corrected chi connectivity index (χ4v) is 2.75. The number of hydrogen-bond acceptors (Lipinski definition) is 4. The quantitative estimate of drug-likeness (QED) is 0.652. The lowest BCUT2D eigenvalue weighted by Gasteiger charge is -2.39. The predicted octanol–water partition coefficient (Wildman–Crippen LogP) is 1.75. The minimum atomic E-state index is -0.226. The lowest BCUT2D eigenvalue weighted by atomic mass is 9.96. The van der Waals surface area contributed by atoms with Crippen molar-refractivity contribution < 1.29 is 9.13 Å². The second-order valence-electron chi connectivity index (χ2n) is 5.64. The lowest BCUT2D eigenvalue weighted by molar-refractivity contribution is -0.0562. The Labute approximate surface area is 120 Å². The molecule has 0 aliphatic carbocycles. The smallest absolute Gasteiger partial charge is 0.123 e. The molecule has 0 saturated carbocycles. The molecule has 1 saturated heterocycles. The molecule has 1 aromatic carbocycles. The van der Waals surface area contributed by atoms with Gasteiger partial charge in [0.25, 0.3) is 0 Å². The van der Waals surface area contributed by atoms with Crippen LogP contribution in [-0.2, 0) is 4.74 Å². The number of nitrogens with one attached hydrogen (secondary N) is 1. The summed E-state index contributed by atoms with van der Waals surface area (Å²) in [6, 6.07) is 5.14. The maximum atomic E-state index is 13.2. The Morgan fingerprint density at radius 3 is 2.80 bits per heavy atom. The molecule has 2 rings (SSSR count). The average Bonchev–Trinajstić information content (AvgIpc) is 2.42. The van der Waals surface area contributed by atoms with E-state index in [4.69, 9.17) is 10.6 Å². The highest BCUT2D eigenvalue weighted by Gasteiger charge is 2.30. The zero-order valence-corrected chi connectivity index (χ0v) is 12.4. The summed E-state index contributed by atoms with van der Waals surface area (Å²) in [6.07, 6.45) is -0.0275. The van der Waals surface area contributed by atoms with Crippen molar-refractivity contribution in [1.29, 1.82) is 0 Å². The van der Waals surface area contributed by atoms with Gasteiger partial charge in [0.15, 0.2) is 0 Å². The molecular formula is C15H24FN3O. The van der Waals surface area contributed by atoms with E-state index in [0.717, 1.165) is 24.2 Å². The molecule has 5 heteroatoms. The van der Waals surface area contributed by atoms with E-state index in [1.165, 1.54) is 12.1 Å². The van der Waals surface area contributed by atoms with E-state index < -0.39 is 0 Å². The van der Waals surface area contributed by atoms with Gasteiger partial charge in [-0.3, -0.25) is 16.2 Å².